The van der Waals surface area contributed by atoms with E-state index in [1.165, 1.54) is 45.4 Å². The molecule has 2 aromatic carbocycles. The number of aliphatic hydroxyl groups is 7. The first kappa shape index (κ1) is 32.0. The number of fused-ring (bicyclic) bond motifs is 1. The summed E-state index contributed by atoms with van der Waals surface area (Å²) in [5, 5.41) is 83.1. The second-order valence-electron chi connectivity index (χ2n) is 10.7. The monoisotopic (exact) mass is 625 g/mol. The molecular formula is C29H37O15+. The molecule has 2 saturated heterocycles. The van der Waals surface area contributed by atoms with Crippen molar-refractivity contribution in [3.05, 3.63) is 47.2 Å². The first-order valence-corrected chi connectivity index (χ1v) is 13.8. The maximum atomic E-state index is 10.8. The molecule has 44 heavy (non-hydrogen) atoms. The maximum absolute atomic E-state index is 10.8. The molecule has 0 spiro atoms. The van der Waals surface area contributed by atoms with Crippen molar-refractivity contribution in [3.63, 3.8) is 0 Å². The Morgan fingerprint density at radius 1 is 0.773 bits per heavy atom. The van der Waals surface area contributed by atoms with E-state index >= 15 is 0 Å². The van der Waals surface area contributed by atoms with E-state index in [-0.39, 0.29) is 28.6 Å². The van der Waals surface area contributed by atoms with E-state index in [9.17, 15) is 40.9 Å². The van der Waals surface area contributed by atoms with Crippen molar-refractivity contribution in [1.82, 2.24) is 0 Å². The molecule has 3 aliphatic rings. The van der Waals surface area contributed by atoms with Gasteiger partial charge < -0.3 is 74.0 Å². The van der Waals surface area contributed by atoms with E-state index < -0.39 is 74.1 Å². The Bertz CT molecular complexity index is 1350. The lowest BCUT2D eigenvalue weighted by molar-refractivity contribution is -0.325. The average Bonchev–Trinajstić information content (AvgIpc) is 3.01. The molecule has 0 radical (unpaired) electrons. The number of rotatable bonds is 8. The number of methoxy groups -OCH3 is 2. The van der Waals surface area contributed by atoms with E-state index in [1.807, 2.05) is 0 Å². The highest BCUT2D eigenvalue weighted by atomic mass is 16.7. The molecule has 3 heterocycles. The Morgan fingerprint density at radius 2 is 1.48 bits per heavy atom. The quantitative estimate of drug-likeness (QED) is 0.167. The van der Waals surface area contributed by atoms with Gasteiger partial charge in [-0.2, -0.15) is 0 Å². The Labute approximate surface area is 251 Å². The summed E-state index contributed by atoms with van der Waals surface area (Å²) in [7, 11) is 2.82. The molecule has 0 saturated carbocycles. The summed E-state index contributed by atoms with van der Waals surface area (Å²) < 4.78 is 38.0. The zero-order valence-corrected chi connectivity index (χ0v) is 24.0. The Balaban J connectivity index is 1.41. The van der Waals surface area contributed by atoms with Gasteiger partial charge in [0.05, 0.1) is 38.6 Å². The predicted molar refractivity (Wildman–Crippen MR) is 148 cm³/mol. The van der Waals surface area contributed by atoms with E-state index in [0.717, 1.165) is 0 Å². The van der Waals surface area contributed by atoms with Gasteiger partial charge in [-0.15, -0.1) is 0 Å². The molecule has 15 heteroatoms. The molecule has 1 unspecified atom stereocenters. The van der Waals surface area contributed by atoms with Gasteiger partial charge in [-0.3, -0.25) is 0 Å². The SMILES string of the molecule is COc1cc(O)c2c(c1)[OH+]C(c1ccc(O)c(OC)c1)C(O[C@@H]1O[C@H](CO[C@H]3O[C@H](C)[C@@H](O)[C@H](O)[C@@H]3O)[C@H](O)[C@H](O)[C@H]1O)=C2. The maximum Gasteiger partial charge on any atom is 0.270 e. The van der Waals surface area contributed by atoms with Crippen molar-refractivity contribution in [1.29, 1.82) is 0 Å². The smallest absolute Gasteiger partial charge is 0.270 e. The molecule has 242 valence electrons. The summed E-state index contributed by atoms with van der Waals surface area (Å²) in [6.45, 7) is 0.995. The van der Waals surface area contributed by atoms with E-state index in [4.69, 9.17) is 33.2 Å². The number of phenolic OH excluding ortho intramolecular Hbond substituents is 2. The molecule has 0 bridgehead atoms. The molecule has 0 aliphatic carbocycles. The lowest BCUT2D eigenvalue weighted by Gasteiger charge is -2.42. The Kier molecular flexibility index (Phi) is 9.41. The number of phenols is 2. The van der Waals surface area contributed by atoms with E-state index in [1.54, 1.807) is 12.1 Å². The molecule has 0 amide bonds. The third-order valence-electron chi connectivity index (χ3n) is 7.84. The summed E-state index contributed by atoms with van der Waals surface area (Å²) in [5.41, 5.74) is 0.759. The lowest BCUT2D eigenvalue weighted by atomic mass is 9.98. The molecular weight excluding hydrogens is 588 g/mol. The van der Waals surface area contributed by atoms with Crippen molar-refractivity contribution in [2.24, 2.45) is 0 Å². The van der Waals surface area contributed by atoms with Gasteiger partial charge in [0.25, 0.3) is 11.9 Å². The standard InChI is InChI=1S/C29H36O15/c1-11-21(32)23(34)25(36)28(41-11)40-10-20-22(33)24(35)26(37)29(44-20)43-19-9-14-16(31)7-13(38-2)8-17(14)42-27(19)12-4-5-15(30)18(6-12)39-3/h4-9,11,20-37H,10H2,1-3H3/p+1/t11-,20-,21-,22+,23+,24+,25+,26-,27?,28+,29-/m1/s1. The van der Waals surface area contributed by atoms with Gasteiger partial charge in [0, 0.05) is 12.1 Å². The fraction of sp³-hybridized carbons (Fsp3) is 0.517. The van der Waals surface area contributed by atoms with Crippen LogP contribution in [0.1, 0.15) is 24.2 Å². The lowest BCUT2D eigenvalue weighted by Crippen LogP contribution is -2.61. The van der Waals surface area contributed by atoms with Crippen LogP contribution < -0.4 is 9.47 Å². The van der Waals surface area contributed by atoms with Crippen LogP contribution in [0.5, 0.6) is 28.7 Å². The number of ether oxygens (including phenoxy) is 7. The van der Waals surface area contributed by atoms with Crippen LogP contribution >= 0.6 is 0 Å². The van der Waals surface area contributed by atoms with Gasteiger partial charge in [-0.1, -0.05) is 0 Å². The van der Waals surface area contributed by atoms with Crippen LogP contribution in [0.4, 0.5) is 0 Å². The zero-order valence-electron chi connectivity index (χ0n) is 24.0. The fourth-order valence-corrected chi connectivity index (χ4v) is 5.22. The second-order valence-corrected chi connectivity index (χ2v) is 10.7. The van der Waals surface area contributed by atoms with Crippen LogP contribution in [-0.4, -0.2) is 128 Å². The minimum atomic E-state index is -1.76. The fourth-order valence-electron chi connectivity index (χ4n) is 5.22. The van der Waals surface area contributed by atoms with Crippen LogP contribution in [0.25, 0.3) is 6.08 Å². The van der Waals surface area contributed by atoms with Crippen molar-refractivity contribution < 1.29 is 74.0 Å². The second kappa shape index (κ2) is 12.9. The first-order chi connectivity index (χ1) is 20.9. The van der Waals surface area contributed by atoms with Crippen LogP contribution in [-0.2, 0) is 18.9 Å². The minimum Gasteiger partial charge on any atom is -0.571 e. The highest BCUT2D eigenvalue weighted by molar-refractivity contribution is 5.69. The zero-order chi connectivity index (χ0) is 31.9. The van der Waals surface area contributed by atoms with Gasteiger partial charge >= 0.3 is 0 Å². The number of hydrogen-bond donors (Lipinski definition) is 8. The van der Waals surface area contributed by atoms with Crippen LogP contribution in [0.3, 0.4) is 0 Å². The molecule has 2 aromatic rings. The van der Waals surface area contributed by atoms with Gasteiger partial charge in [-0.25, -0.2) is 0 Å². The minimum absolute atomic E-state index is 0.0648. The summed E-state index contributed by atoms with van der Waals surface area (Å²) in [6.07, 6.45) is -14.3. The Morgan fingerprint density at radius 3 is 2.18 bits per heavy atom. The summed E-state index contributed by atoms with van der Waals surface area (Å²) in [4.78, 5) is 0. The predicted octanol–water partition coefficient (Wildman–Crippen LogP) is -0.880. The molecule has 9 N–H and O–H groups in total. The number of hydrogen-bond acceptors (Lipinski definition) is 14. The van der Waals surface area contributed by atoms with Crippen molar-refractivity contribution in [3.8, 4) is 28.7 Å². The molecule has 11 atom stereocenters. The molecule has 0 aromatic heterocycles. The largest absolute Gasteiger partial charge is 0.571 e. The van der Waals surface area contributed by atoms with Gasteiger partial charge in [-0.05, 0) is 25.1 Å². The number of aromatic hydroxyl groups is 3. The van der Waals surface area contributed by atoms with Crippen molar-refractivity contribution in [2.45, 2.75) is 74.4 Å². The van der Waals surface area contributed by atoms with E-state index in [0.29, 0.717) is 17.1 Å². The molecule has 15 nitrogen and oxygen atoms in total. The van der Waals surface area contributed by atoms with Crippen molar-refractivity contribution >= 4 is 6.08 Å². The third kappa shape index (κ3) is 6.10. The van der Waals surface area contributed by atoms with Crippen LogP contribution in [0.2, 0.25) is 0 Å². The summed E-state index contributed by atoms with van der Waals surface area (Å²) in [5.74, 6) is 0.623. The molecule has 5 rings (SSSR count). The third-order valence-corrected chi connectivity index (χ3v) is 7.84. The topological polar surface area (TPSA) is 230 Å². The summed E-state index contributed by atoms with van der Waals surface area (Å²) in [6, 6.07) is 7.48. The number of benzene rings is 2. The van der Waals surface area contributed by atoms with Gasteiger partial charge in [0.2, 0.25) is 6.29 Å². The molecule has 2 fully saturated rings. The van der Waals surface area contributed by atoms with E-state index in [2.05, 4.69) is 0 Å². The highest BCUT2D eigenvalue weighted by Gasteiger charge is 2.48. The van der Waals surface area contributed by atoms with Crippen LogP contribution in [0, 0.1) is 0 Å². The van der Waals surface area contributed by atoms with Gasteiger partial charge in [0.1, 0.15) is 59.8 Å². The number of aliphatic hydroxyl groups excluding tert-OH is 6. The first-order valence-electron chi connectivity index (χ1n) is 13.8. The van der Waals surface area contributed by atoms with Gasteiger partial charge in [0.15, 0.2) is 23.5 Å². The average molecular weight is 626 g/mol. The summed E-state index contributed by atoms with van der Waals surface area (Å²) >= 11 is 0. The normalized spacial score (nSPS) is 35.2. The van der Waals surface area contributed by atoms with Crippen molar-refractivity contribution in [2.75, 3.05) is 20.8 Å². The molecule has 3 aliphatic heterocycles. The highest BCUT2D eigenvalue weighted by Crippen LogP contribution is 2.46. The van der Waals surface area contributed by atoms with Crippen LogP contribution in [0.15, 0.2) is 36.1 Å². The Hall–Kier alpha value is -3.38.